The summed E-state index contributed by atoms with van der Waals surface area (Å²) in [7, 11) is 0. The average Bonchev–Trinajstić information content (AvgIpc) is 2.31. The maximum absolute atomic E-state index is 10.2. The van der Waals surface area contributed by atoms with Crippen LogP contribution < -0.4 is 0 Å². The summed E-state index contributed by atoms with van der Waals surface area (Å²) in [5, 5.41) is 10.2. The molecule has 60 valence electrons. The standard InChI is InChI=1S/C6H6BrNO2S/c7-4-3-11-8-5(4)1-2-6(9)10/h3H,1-2H2,(H,9,10). The second-order valence-corrected chi connectivity index (χ2v) is 3.49. The third-order valence-corrected chi connectivity index (χ3v) is 2.83. The fourth-order valence-corrected chi connectivity index (χ4v) is 1.89. The number of aryl methyl sites for hydroxylation is 1. The summed E-state index contributed by atoms with van der Waals surface area (Å²) in [6, 6.07) is 0. The van der Waals surface area contributed by atoms with Gasteiger partial charge in [-0.2, -0.15) is 4.37 Å². The molecule has 0 radical (unpaired) electrons. The minimum atomic E-state index is -0.787. The van der Waals surface area contributed by atoms with Gasteiger partial charge in [-0.15, -0.1) is 0 Å². The topological polar surface area (TPSA) is 50.2 Å². The Bertz CT molecular complexity index is 261. The minimum Gasteiger partial charge on any atom is -0.481 e. The summed E-state index contributed by atoms with van der Waals surface area (Å²) >= 11 is 4.60. The molecule has 1 aromatic rings. The number of carbonyl (C=O) groups is 1. The summed E-state index contributed by atoms with van der Waals surface area (Å²) in [6.07, 6.45) is 0.641. The monoisotopic (exact) mass is 235 g/mol. The Balaban J connectivity index is 2.51. The van der Waals surface area contributed by atoms with Crippen LogP contribution in [-0.2, 0) is 11.2 Å². The third-order valence-electron chi connectivity index (χ3n) is 1.17. The first kappa shape index (κ1) is 8.67. The highest BCUT2D eigenvalue weighted by atomic mass is 79.9. The summed E-state index contributed by atoms with van der Waals surface area (Å²) in [6.45, 7) is 0. The third kappa shape index (κ3) is 2.59. The van der Waals surface area contributed by atoms with Crippen LogP contribution in [0.1, 0.15) is 12.1 Å². The molecule has 0 aliphatic heterocycles. The molecule has 0 aliphatic carbocycles. The van der Waals surface area contributed by atoms with Gasteiger partial charge >= 0.3 is 5.97 Å². The minimum absolute atomic E-state index is 0.141. The van der Waals surface area contributed by atoms with Crippen LogP contribution in [0.3, 0.4) is 0 Å². The highest BCUT2D eigenvalue weighted by Gasteiger charge is 2.04. The highest BCUT2D eigenvalue weighted by molar-refractivity contribution is 9.10. The van der Waals surface area contributed by atoms with Crippen LogP contribution in [0.5, 0.6) is 0 Å². The van der Waals surface area contributed by atoms with E-state index in [1.807, 2.05) is 5.38 Å². The molecule has 1 heterocycles. The SMILES string of the molecule is O=C(O)CCc1nscc1Br. The van der Waals surface area contributed by atoms with Crippen LogP contribution in [0, 0.1) is 0 Å². The van der Waals surface area contributed by atoms with Gasteiger partial charge in [0.15, 0.2) is 0 Å². The zero-order valence-corrected chi connectivity index (χ0v) is 7.98. The number of hydrogen-bond acceptors (Lipinski definition) is 3. The Morgan fingerprint density at radius 1 is 1.82 bits per heavy atom. The molecule has 0 amide bonds. The molecule has 5 heteroatoms. The lowest BCUT2D eigenvalue weighted by atomic mass is 10.2. The maximum atomic E-state index is 10.2. The molecule has 0 aliphatic rings. The molecule has 1 rings (SSSR count). The number of carboxylic acids is 1. The molecule has 3 nitrogen and oxygen atoms in total. The number of hydrogen-bond donors (Lipinski definition) is 1. The smallest absolute Gasteiger partial charge is 0.303 e. The molecule has 1 aromatic heterocycles. The van der Waals surface area contributed by atoms with E-state index in [0.29, 0.717) is 6.42 Å². The first-order valence-electron chi connectivity index (χ1n) is 3.00. The lowest BCUT2D eigenvalue weighted by molar-refractivity contribution is -0.136. The van der Waals surface area contributed by atoms with E-state index in [4.69, 9.17) is 5.11 Å². The number of aromatic nitrogens is 1. The van der Waals surface area contributed by atoms with Gasteiger partial charge < -0.3 is 5.11 Å². The Kier molecular flexibility index (Phi) is 3.02. The molecular weight excluding hydrogens is 230 g/mol. The van der Waals surface area contributed by atoms with Crippen molar-refractivity contribution >= 4 is 33.4 Å². The van der Waals surface area contributed by atoms with Crippen molar-refractivity contribution in [1.82, 2.24) is 4.37 Å². The first-order valence-corrected chi connectivity index (χ1v) is 4.63. The number of aliphatic carboxylic acids is 1. The Hall–Kier alpha value is -0.420. The van der Waals surface area contributed by atoms with Crippen molar-refractivity contribution in [2.24, 2.45) is 0 Å². The molecule has 0 saturated heterocycles. The van der Waals surface area contributed by atoms with Crippen LogP contribution in [-0.4, -0.2) is 15.4 Å². The molecule has 0 bridgehead atoms. The average molecular weight is 236 g/mol. The van der Waals surface area contributed by atoms with E-state index < -0.39 is 5.97 Å². The molecule has 11 heavy (non-hydrogen) atoms. The molecule has 0 unspecified atom stereocenters. The van der Waals surface area contributed by atoms with Crippen molar-refractivity contribution in [3.8, 4) is 0 Å². The summed E-state index contributed by atoms with van der Waals surface area (Å²) in [5.41, 5.74) is 0.831. The zero-order valence-electron chi connectivity index (χ0n) is 5.58. The van der Waals surface area contributed by atoms with Crippen LogP contribution in [0.4, 0.5) is 0 Å². The number of carboxylic acid groups (broad SMARTS) is 1. The van der Waals surface area contributed by atoms with E-state index in [0.717, 1.165) is 10.2 Å². The molecule has 0 spiro atoms. The van der Waals surface area contributed by atoms with Gasteiger partial charge in [0.1, 0.15) is 0 Å². The van der Waals surface area contributed by atoms with Crippen molar-refractivity contribution in [3.05, 3.63) is 15.5 Å². The van der Waals surface area contributed by atoms with E-state index in [9.17, 15) is 4.79 Å². The van der Waals surface area contributed by atoms with Crippen LogP contribution in [0.2, 0.25) is 0 Å². The predicted molar refractivity (Wildman–Crippen MR) is 45.8 cm³/mol. The van der Waals surface area contributed by atoms with Gasteiger partial charge in [-0.3, -0.25) is 4.79 Å². The lowest BCUT2D eigenvalue weighted by Crippen LogP contribution is -1.97. The first-order chi connectivity index (χ1) is 5.20. The normalized spacial score (nSPS) is 9.91. The van der Waals surface area contributed by atoms with Gasteiger partial charge in [0, 0.05) is 11.8 Å². The Morgan fingerprint density at radius 2 is 2.55 bits per heavy atom. The van der Waals surface area contributed by atoms with Gasteiger partial charge in [-0.25, -0.2) is 0 Å². The largest absolute Gasteiger partial charge is 0.481 e. The quantitative estimate of drug-likeness (QED) is 0.872. The highest BCUT2D eigenvalue weighted by Crippen LogP contribution is 2.18. The van der Waals surface area contributed by atoms with Gasteiger partial charge in [0.2, 0.25) is 0 Å². The molecule has 1 N–H and O–H groups in total. The summed E-state index contributed by atoms with van der Waals surface area (Å²) in [4.78, 5) is 10.2. The van der Waals surface area contributed by atoms with Crippen molar-refractivity contribution in [2.45, 2.75) is 12.8 Å². The number of halogens is 1. The fourth-order valence-electron chi connectivity index (χ4n) is 0.638. The van der Waals surface area contributed by atoms with E-state index in [1.54, 1.807) is 0 Å². The van der Waals surface area contributed by atoms with Crippen LogP contribution >= 0.6 is 27.5 Å². The van der Waals surface area contributed by atoms with Crippen molar-refractivity contribution in [1.29, 1.82) is 0 Å². The molecule has 0 saturated carbocycles. The maximum Gasteiger partial charge on any atom is 0.303 e. The molecular formula is C6H6BrNO2S. The lowest BCUT2D eigenvalue weighted by Gasteiger charge is -1.91. The molecule has 0 atom stereocenters. The summed E-state index contributed by atoms with van der Waals surface area (Å²) in [5.74, 6) is -0.787. The molecule has 0 aromatic carbocycles. The van der Waals surface area contributed by atoms with E-state index in [2.05, 4.69) is 20.3 Å². The van der Waals surface area contributed by atoms with Crippen LogP contribution in [0.15, 0.2) is 9.85 Å². The number of nitrogens with zero attached hydrogens (tertiary/aromatic N) is 1. The Morgan fingerprint density at radius 3 is 3.00 bits per heavy atom. The second kappa shape index (κ2) is 3.82. The van der Waals surface area contributed by atoms with E-state index in [-0.39, 0.29) is 6.42 Å². The second-order valence-electron chi connectivity index (χ2n) is 2.00. The summed E-state index contributed by atoms with van der Waals surface area (Å²) < 4.78 is 4.93. The van der Waals surface area contributed by atoms with Gasteiger partial charge in [-0.05, 0) is 27.5 Å². The van der Waals surface area contributed by atoms with Gasteiger partial charge in [0.05, 0.1) is 16.6 Å². The van der Waals surface area contributed by atoms with Gasteiger partial charge in [-0.1, -0.05) is 0 Å². The van der Waals surface area contributed by atoms with Crippen LogP contribution in [0.25, 0.3) is 0 Å². The zero-order chi connectivity index (χ0) is 8.27. The predicted octanol–water partition coefficient (Wildman–Crippen LogP) is 1.92. The fraction of sp³-hybridized carbons (Fsp3) is 0.333. The van der Waals surface area contributed by atoms with Gasteiger partial charge in [0.25, 0.3) is 0 Å². The van der Waals surface area contributed by atoms with E-state index in [1.165, 1.54) is 11.5 Å². The van der Waals surface area contributed by atoms with E-state index >= 15 is 0 Å². The van der Waals surface area contributed by atoms with Crippen molar-refractivity contribution in [2.75, 3.05) is 0 Å². The van der Waals surface area contributed by atoms with Crippen molar-refractivity contribution in [3.63, 3.8) is 0 Å². The number of rotatable bonds is 3. The molecule has 0 fully saturated rings. The Labute approximate surface area is 76.4 Å². The van der Waals surface area contributed by atoms with Crippen molar-refractivity contribution < 1.29 is 9.90 Å².